The first-order valence-corrected chi connectivity index (χ1v) is 6.67. The Morgan fingerprint density at radius 1 is 0.895 bits per heavy atom. The fourth-order valence-corrected chi connectivity index (χ4v) is 2.39. The van der Waals surface area contributed by atoms with E-state index < -0.39 is 0 Å². The Labute approximate surface area is 113 Å². The van der Waals surface area contributed by atoms with Gasteiger partial charge in [0, 0.05) is 43.8 Å². The van der Waals surface area contributed by atoms with Crippen LogP contribution in [0.25, 0.3) is 0 Å². The summed E-state index contributed by atoms with van der Waals surface area (Å²) in [6.45, 7) is 5.98. The van der Waals surface area contributed by atoms with Crippen molar-refractivity contribution in [3.8, 4) is 0 Å². The van der Waals surface area contributed by atoms with Gasteiger partial charge in [-0.3, -0.25) is 0 Å². The van der Waals surface area contributed by atoms with Gasteiger partial charge < -0.3 is 9.80 Å². The van der Waals surface area contributed by atoms with Crippen LogP contribution in [0.2, 0.25) is 0 Å². The van der Waals surface area contributed by atoms with Gasteiger partial charge in [0.2, 0.25) is 5.95 Å². The van der Waals surface area contributed by atoms with E-state index in [-0.39, 0.29) is 0 Å². The van der Waals surface area contributed by atoms with Gasteiger partial charge in [0.25, 0.3) is 0 Å². The minimum atomic E-state index is 0.854. The van der Waals surface area contributed by atoms with Crippen molar-refractivity contribution in [1.82, 2.24) is 9.97 Å². The van der Waals surface area contributed by atoms with Crippen molar-refractivity contribution < 1.29 is 0 Å². The molecule has 4 nitrogen and oxygen atoms in total. The first-order chi connectivity index (χ1) is 9.33. The molecule has 0 saturated carbocycles. The summed E-state index contributed by atoms with van der Waals surface area (Å²) in [5.74, 6) is 0.854. The minimum Gasteiger partial charge on any atom is -0.368 e. The van der Waals surface area contributed by atoms with Crippen molar-refractivity contribution in [1.29, 1.82) is 0 Å². The first kappa shape index (κ1) is 12.0. The molecule has 98 valence electrons. The maximum atomic E-state index is 4.49. The lowest BCUT2D eigenvalue weighted by molar-refractivity contribution is 0.639. The molecular formula is C15H18N4. The van der Waals surface area contributed by atoms with Crippen LogP contribution in [0, 0.1) is 6.92 Å². The summed E-state index contributed by atoms with van der Waals surface area (Å²) in [6, 6.07) is 12.5. The molecule has 1 saturated heterocycles. The van der Waals surface area contributed by atoms with Crippen molar-refractivity contribution in [2.75, 3.05) is 36.0 Å². The zero-order chi connectivity index (χ0) is 13.1. The molecule has 1 aromatic heterocycles. The number of aromatic nitrogens is 2. The maximum absolute atomic E-state index is 4.49. The number of aryl methyl sites for hydroxylation is 1. The Kier molecular flexibility index (Phi) is 3.31. The second-order valence-corrected chi connectivity index (χ2v) is 4.81. The molecule has 0 unspecified atom stereocenters. The molecule has 0 amide bonds. The highest BCUT2D eigenvalue weighted by molar-refractivity contribution is 5.48. The van der Waals surface area contributed by atoms with E-state index in [4.69, 9.17) is 0 Å². The monoisotopic (exact) mass is 254 g/mol. The Bertz CT molecular complexity index is 533. The number of hydrogen-bond donors (Lipinski definition) is 0. The van der Waals surface area contributed by atoms with Gasteiger partial charge in [0.15, 0.2) is 0 Å². The number of rotatable bonds is 2. The van der Waals surface area contributed by atoms with Crippen LogP contribution in [-0.2, 0) is 0 Å². The van der Waals surface area contributed by atoms with E-state index in [0.717, 1.165) is 37.8 Å². The number of nitrogens with zero attached hydrogens (tertiary/aromatic N) is 4. The van der Waals surface area contributed by atoms with E-state index in [1.165, 1.54) is 5.69 Å². The normalized spacial score (nSPS) is 15.6. The molecule has 1 fully saturated rings. The fraction of sp³-hybridized carbons (Fsp3) is 0.333. The molecule has 4 heteroatoms. The van der Waals surface area contributed by atoms with Crippen LogP contribution in [0.3, 0.4) is 0 Å². The average molecular weight is 254 g/mol. The zero-order valence-corrected chi connectivity index (χ0v) is 11.2. The molecule has 0 spiro atoms. The number of piperazine rings is 1. The van der Waals surface area contributed by atoms with Gasteiger partial charge in [0.1, 0.15) is 0 Å². The van der Waals surface area contributed by atoms with Gasteiger partial charge in [-0.25, -0.2) is 9.97 Å². The third-order valence-electron chi connectivity index (χ3n) is 3.47. The Balaban J connectivity index is 1.67. The number of para-hydroxylation sites is 1. The van der Waals surface area contributed by atoms with Crippen molar-refractivity contribution in [3.05, 3.63) is 48.3 Å². The van der Waals surface area contributed by atoms with E-state index in [9.17, 15) is 0 Å². The highest BCUT2D eigenvalue weighted by Gasteiger charge is 2.18. The lowest BCUT2D eigenvalue weighted by atomic mass is 10.2. The second kappa shape index (κ2) is 5.26. The van der Waals surface area contributed by atoms with Crippen molar-refractivity contribution in [2.45, 2.75) is 6.92 Å². The number of benzene rings is 1. The standard InChI is InChI=1S/C15H18N4/c1-13-7-8-16-15(17-13)19-11-9-18(10-12-19)14-5-3-2-4-6-14/h2-8H,9-12H2,1H3. The molecule has 1 aliphatic rings. The summed E-state index contributed by atoms with van der Waals surface area (Å²) in [4.78, 5) is 13.5. The molecule has 19 heavy (non-hydrogen) atoms. The summed E-state index contributed by atoms with van der Waals surface area (Å²) < 4.78 is 0. The van der Waals surface area contributed by atoms with Gasteiger partial charge in [-0.1, -0.05) is 18.2 Å². The van der Waals surface area contributed by atoms with Crippen molar-refractivity contribution >= 4 is 11.6 Å². The molecule has 0 radical (unpaired) electrons. The van der Waals surface area contributed by atoms with Gasteiger partial charge in [0.05, 0.1) is 0 Å². The summed E-state index contributed by atoms with van der Waals surface area (Å²) >= 11 is 0. The third-order valence-corrected chi connectivity index (χ3v) is 3.47. The van der Waals surface area contributed by atoms with Crippen molar-refractivity contribution in [3.63, 3.8) is 0 Å². The number of hydrogen-bond acceptors (Lipinski definition) is 4. The SMILES string of the molecule is Cc1ccnc(N2CCN(c3ccccc3)CC2)n1. The van der Waals surface area contributed by atoms with Crippen LogP contribution in [0.4, 0.5) is 11.6 Å². The molecule has 1 aromatic carbocycles. The predicted octanol–water partition coefficient (Wildman–Crippen LogP) is 2.11. The molecule has 0 atom stereocenters. The summed E-state index contributed by atoms with van der Waals surface area (Å²) in [5.41, 5.74) is 2.32. The molecular weight excluding hydrogens is 236 g/mol. The Morgan fingerprint density at radius 3 is 2.26 bits per heavy atom. The predicted molar refractivity (Wildman–Crippen MR) is 77.6 cm³/mol. The molecule has 0 N–H and O–H groups in total. The lowest BCUT2D eigenvalue weighted by Gasteiger charge is -2.36. The Hall–Kier alpha value is -2.10. The summed E-state index contributed by atoms with van der Waals surface area (Å²) in [7, 11) is 0. The first-order valence-electron chi connectivity index (χ1n) is 6.67. The zero-order valence-electron chi connectivity index (χ0n) is 11.2. The average Bonchev–Trinajstić information content (AvgIpc) is 2.48. The van der Waals surface area contributed by atoms with Gasteiger partial charge in [-0.2, -0.15) is 0 Å². The van der Waals surface area contributed by atoms with Gasteiger partial charge in [-0.15, -0.1) is 0 Å². The van der Waals surface area contributed by atoms with Crippen LogP contribution < -0.4 is 9.80 Å². The van der Waals surface area contributed by atoms with Gasteiger partial charge in [-0.05, 0) is 25.1 Å². The molecule has 0 aliphatic carbocycles. The molecule has 1 aliphatic heterocycles. The van der Waals surface area contributed by atoms with Crippen LogP contribution in [0.15, 0.2) is 42.6 Å². The minimum absolute atomic E-state index is 0.854. The van der Waals surface area contributed by atoms with E-state index in [2.05, 4.69) is 50.1 Å². The maximum Gasteiger partial charge on any atom is 0.225 e. The van der Waals surface area contributed by atoms with Crippen LogP contribution in [0.1, 0.15) is 5.69 Å². The van der Waals surface area contributed by atoms with E-state index in [1.54, 1.807) is 0 Å². The van der Waals surface area contributed by atoms with Crippen molar-refractivity contribution in [2.24, 2.45) is 0 Å². The van der Waals surface area contributed by atoms with Crippen LogP contribution in [-0.4, -0.2) is 36.1 Å². The second-order valence-electron chi connectivity index (χ2n) is 4.81. The smallest absolute Gasteiger partial charge is 0.225 e. The molecule has 3 rings (SSSR count). The lowest BCUT2D eigenvalue weighted by Crippen LogP contribution is -2.47. The van der Waals surface area contributed by atoms with Crippen LogP contribution in [0.5, 0.6) is 0 Å². The third kappa shape index (κ3) is 2.67. The Morgan fingerprint density at radius 2 is 1.58 bits per heavy atom. The highest BCUT2D eigenvalue weighted by atomic mass is 15.3. The van der Waals surface area contributed by atoms with E-state index >= 15 is 0 Å². The van der Waals surface area contributed by atoms with E-state index in [1.807, 2.05) is 19.2 Å². The fourth-order valence-electron chi connectivity index (χ4n) is 2.39. The largest absolute Gasteiger partial charge is 0.368 e. The molecule has 2 heterocycles. The quantitative estimate of drug-likeness (QED) is 0.821. The molecule has 2 aromatic rings. The topological polar surface area (TPSA) is 32.3 Å². The van der Waals surface area contributed by atoms with E-state index in [0.29, 0.717) is 0 Å². The van der Waals surface area contributed by atoms with Crippen LogP contribution >= 0.6 is 0 Å². The molecule has 0 bridgehead atoms. The van der Waals surface area contributed by atoms with Gasteiger partial charge >= 0.3 is 0 Å². The highest BCUT2D eigenvalue weighted by Crippen LogP contribution is 2.17. The number of anilines is 2. The summed E-state index contributed by atoms with van der Waals surface area (Å²) in [5, 5.41) is 0. The summed E-state index contributed by atoms with van der Waals surface area (Å²) in [6.07, 6.45) is 1.83.